The number of hydrogen-bond donors (Lipinski definition) is 2. The Bertz CT molecular complexity index is 591. The first-order chi connectivity index (χ1) is 11.5. The van der Waals surface area contributed by atoms with Crippen LogP contribution in [-0.4, -0.2) is 67.6 Å². The van der Waals surface area contributed by atoms with Gasteiger partial charge in [0.25, 0.3) is 5.91 Å². The minimum absolute atomic E-state index is 0.199. The van der Waals surface area contributed by atoms with Crippen molar-refractivity contribution in [1.29, 1.82) is 0 Å². The van der Waals surface area contributed by atoms with Crippen LogP contribution in [0.4, 0.5) is 0 Å². The molecule has 0 bridgehead atoms. The molecule has 134 valence electrons. The Morgan fingerprint density at radius 1 is 1.12 bits per heavy atom. The molecule has 1 aromatic rings. The smallest absolute Gasteiger partial charge is 0.257 e. The van der Waals surface area contributed by atoms with Gasteiger partial charge in [0.1, 0.15) is 0 Å². The standard InChI is InChI=1S/C17H25NO6/c1-22-13-6-5-12(14(23-2)15(13)24-3)16(20)18-9-4-7-17(21,11-19)8-10-18/h5-6,19,21H,4,7-11H2,1-3H3/t17-/m0/s1. The van der Waals surface area contributed by atoms with Gasteiger partial charge in [-0.15, -0.1) is 0 Å². The molecule has 1 aliphatic heterocycles. The molecule has 0 unspecified atom stereocenters. The van der Waals surface area contributed by atoms with E-state index in [1.165, 1.54) is 21.3 Å². The number of benzene rings is 1. The number of ether oxygens (including phenoxy) is 3. The number of aliphatic hydroxyl groups excluding tert-OH is 1. The van der Waals surface area contributed by atoms with E-state index < -0.39 is 5.60 Å². The summed E-state index contributed by atoms with van der Waals surface area (Å²) in [5.74, 6) is 0.975. The molecule has 1 aliphatic rings. The zero-order valence-corrected chi connectivity index (χ0v) is 14.4. The first-order valence-electron chi connectivity index (χ1n) is 7.91. The highest BCUT2D eigenvalue weighted by molar-refractivity contribution is 5.98. The highest BCUT2D eigenvalue weighted by atomic mass is 16.5. The molecule has 0 aromatic heterocycles. The SMILES string of the molecule is COc1ccc(C(=O)N2CCC[C@@](O)(CO)CC2)c(OC)c1OC. The molecule has 1 amide bonds. The topological polar surface area (TPSA) is 88.5 Å². The summed E-state index contributed by atoms with van der Waals surface area (Å²) in [5, 5.41) is 19.6. The molecule has 0 spiro atoms. The highest BCUT2D eigenvalue weighted by Gasteiger charge is 2.32. The number of amides is 1. The molecule has 1 heterocycles. The van der Waals surface area contributed by atoms with E-state index in [2.05, 4.69) is 0 Å². The molecule has 1 aromatic carbocycles. The predicted molar refractivity (Wildman–Crippen MR) is 87.9 cm³/mol. The fraction of sp³-hybridized carbons (Fsp3) is 0.588. The Kier molecular flexibility index (Phi) is 5.90. The van der Waals surface area contributed by atoms with Gasteiger partial charge in [-0.2, -0.15) is 0 Å². The highest BCUT2D eigenvalue weighted by Crippen LogP contribution is 2.40. The summed E-state index contributed by atoms with van der Waals surface area (Å²) in [4.78, 5) is 14.6. The second-order valence-electron chi connectivity index (χ2n) is 5.91. The van der Waals surface area contributed by atoms with Crippen molar-refractivity contribution in [3.63, 3.8) is 0 Å². The second kappa shape index (κ2) is 7.72. The van der Waals surface area contributed by atoms with Gasteiger partial charge in [-0.1, -0.05) is 0 Å². The summed E-state index contributed by atoms with van der Waals surface area (Å²) >= 11 is 0. The van der Waals surface area contributed by atoms with E-state index in [1.807, 2.05) is 0 Å². The third kappa shape index (κ3) is 3.57. The van der Waals surface area contributed by atoms with E-state index in [0.717, 1.165) is 0 Å². The van der Waals surface area contributed by atoms with Crippen molar-refractivity contribution in [3.8, 4) is 17.2 Å². The van der Waals surface area contributed by atoms with Crippen molar-refractivity contribution in [2.45, 2.75) is 24.9 Å². The molecule has 0 saturated carbocycles. The number of carbonyl (C=O) groups is 1. The van der Waals surface area contributed by atoms with Gasteiger partial charge >= 0.3 is 0 Å². The molecular weight excluding hydrogens is 314 g/mol. The molecule has 1 atom stereocenters. The summed E-state index contributed by atoms with van der Waals surface area (Å²) in [6, 6.07) is 3.31. The van der Waals surface area contributed by atoms with Gasteiger partial charge in [0.15, 0.2) is 11.5 Å². The van der Waals surface area contributed by atoms with Crippen molar-refractivity contribution in [3.05, 3.63) is 17.7 Å². The Balaban J connectivity index is 2.29. The average molecular weight is 339 g/mol. The van der Waals surface area contributed by atoms with Crippen LogP contribution in [0.1, 0.15) is 29.6 Å². The summed E-state index contributed by atoms with van der Waals surface area (Å²) < 4.78 is 15.9. The largest absolute Gasteiger partial charge is 0.493 e. The van der Waals surface area contributed by atoms with E-state index >= 15 is 0 Å². The van der Waals surface area contributed by atoms with Crippen LogP contribution in [0.15, 0.2) is 12.1 Å². The van der Waals surface area contributed by atoms with Crippen molar-refractivity contribution in [2.24, 2.45) is 0 Å². The van der Waals surface area contributed by atoms with Crippen LogP contribution in [0, 0.1) is 0 Å². The molecule has 7 nitrogen and oxygen atoms in total. The Hall–Kier alpha value is -1.99. The van der Waals surface area contributed by atoms with E-state index in [4.69, 9.17) is 14.2 Å². The Labute approximate surface area is 141 Å². The zero-order chi connectivity index (χ0) is 17.7. The van der Waals surface area contributed by atoms with Crippen molar-refractivity contribution < 1.29 is 29.2 Å². The number of methoxy groups -OCH3 is 3. The van der Waals surface area contributed by atoms with E-state index in [9.17, 15) is 15.0 Å². The number of nitrogens with zero attached hydrogens (tertiary/aromatic N) is 1. The lowest BCUT2D eigenvalue weighted by molar-refractivity contribution is -0.0250. The lowest BCUT2D eigenvalue weighted by Crippen LogP contribution is -2.36. The second-order valence-corrected chi connectivity index (χ2v) is 5.91. The van der Waals surface area contributed by atoms with Gasteiger partial charge in [0, 0.05) is 13.1 Å². The normalized spacial score (nSPS) is 21.1. The minimum atomic E-state index is -1.11. The van der Waals surface area contributed by atoms with Gasteiger partial charge in [-0.25, -0.2) is 0 Å². The summed E-state index contributed by atoms with van der Waals surface area (Å²) in [6.07, 6.45) is 1.43. The summed E-state index contributed by atoms with van der Waals surface area (Å²) in [5.41, 5.74) is -0.735. The molecule has 0 radical (unpaired) electrons. The number of carbonyl (C=O) groups excluding carboxylic acids is 1. The molecule has 24 heavy (non-hydrogen) atoms. The maximum atomic E-state index is 12.9. The lowest BCUT2D eigenvalue weighted by atomic mass is 9.96. The van der Waals surface area contributed by atoms with Crippen LogP contribution in [-0.2, 0) is 0 Å². The third-order valence-electron chi connectivity index (χ3n) is 4.43. The van der Waals surface area contributed by atoms with Gasteiger partial charge in [-0.3, -0.25) is 4.79 Å². The minimum Gasteiger partial charge on any atom is -0.493 e. The summed E-state index contributed by atoms with van der Waals surface area (Å²) in [6.45, 7) is 0.584. The van der Waals surface area contributed by atoms with E-state index in [-0.39, 0.29) is 12.5 Å². The van der Waals surface area contributed by atoms with Crippen molar-refractivity contribution >= 4 is 5.91 Å². The number of aliphatic hydroxyl groups is 2. The molecule has 0 aliphatic carbocycles. The Morgan fingerprint density at radius 3 is 2.42 bits per heavy atom. The zero-order valence-electron chi connectivity index (χ0n) is 14.4. The molecule has 2 N–H and O–H groups in total. The first kappa shape index (κ1) is 18.4. The molecule has 1 saturated heterocycles. The van der Waals surface area contributed by atoms with Gasteiger partial charge in [-0.05, 0) is 31.4 Å². The van der Waals surface area contributed by atoms with Gasteiger partial charge in [0.2, 0.25) is 5.75 Å². The number of likely N-dealkylation sites (tertiary alicyclic amines) is 1. The number of hydrogen-bond acceptors (Lipinski definition) is 6. The molecule has 2 rings (SSSR count). The quantitative estimate of drug-likeness (QED) is 0.834. The number of rotatable bonds is 5. The van der Waals surface area contributed by atoms with Crippen LogP contribution in [0.5, 0.6) is 17.2 Å². The summed E-state index contributed by atoms with van der Waals surface area (Å²) in [7, 11) is 4.48. The fourth-order valence-electron chi connectivity index (χ4n) is 2.98. The maximum Gasteiger partial charge on any atom is 0.257 e. The van der Waals surface area contributed by atoms with Crippen LogP contribution >= 0.6 is 0 Å². The lowest BCUT2D eigenvalue weighted by Gasteiger charge is -2.25. The van der Waals surface area contributed by atoms with Crippen LogP contribution in [0.25, 0.3) is 0 Å². The monoisotopic (exact) mass is 339 g/mol. The van der Waals surface area contributed by atoms with Crippen molar-refractivity contribution in [2.75, 3.05) is 41.0 Å². The molecule has 1 fully saturated rings. The molecule has 7 heteroatoms. The van der Waals surface area contributed by atoms with Crippen molar-refractivity contribution in [1.82, 2.24) is 4.90 Å². The average Bonchev–Trinajstić information content (AvgIpc) is 2.82. The third-order valence-corrected chi connectivity index (χ3v) is 4.43. The van der Waals surface area contributed by atoms with Gasteiger partial charge in [0.05, 0.1) is 39.1 Å². The molecular formula is C17H25NO6. The van der Waals surface area contributed by atoms with Crippen LogP contribution in [0.2, 0.25) is 0 Å². The van der Waals surface area contributed by atoms with Crippen LogP contribution < -0.4 is 14.2 Å². The van der Waals surface area contributed by atoms with E-state index in [0.29, 0.717) is 55.2 Å². The predicted octanol–water partition coefficient (Wildman–Crippen LogP) is 1.06. The Morgan fingerprint density at radius 2 is 1.83 bits per heavy atom. The van der Waals surface area contributed by atoms with Gasteiger partial charge < -0.3 is 29.3 Å². The van der Waals surface area contributed by atoms with Crippen LogP contribution in [0.3, 0.4) is 0 Å². The van der Waals surface area contributed by atoms with E-state index in [1.54, 1.807) is 17.0 Å². The fourth-order valence-corrected chi connectivity index (χ4v) is 2.98. The maximum absolute atomic E-state index is 12.9. The first-order valence-corrected chi connectivity index (χ1v) is 7.91.